The van der Waals surface area contributed by atoms with E-state index >= 15 is 0 Å². The largest absolute Gasteiger partial charge is 0.494 e. The molecule has 1 amide bonds. The maximum atomic E-state index is 11.3. The monoisotopic (exact) mass is 236 g/mol. The van der Waals surface area contributed by atoms with E-state index in [4.69, 9.17) is 9.47 Å². The van der Waals surface area contributed by atoms with Crippen molar-refractivity contribution in [3.63, 3.8) is 0 Å². The van der Waals surface area contributed by atoms with Gasteiger partial charge >= 0.3 is 6.09 Å². The molecule has 0 N–H and O–H groups in total. The lowest BCUT2D eigenvalue weighted by Crippen LogP contribution is -2.21. The average molecular weight is 236 g/mol. The quantitative estimate of drug-likeness (QED) is 0.735. The second-order valence-corrected chi connectivity index (χ2v) is 4.35. The third-order valence-electron chi connectivity index (χ3n) is 1.72. The number of carbonyl (C=O) groups excluding carboxylic acids is 1. The summed E-state index contributed by atoms with van der Waals surface area (Å²) in [6.07, 6.45) is -0.719. The van der Waals surface area contributed by atoms with Gasteiger partial charge in [-0.05, 0) is 32.9 Å². The fourth-order valence-electron chi connectivity index (χ4n) is 1.09. The lowest BCUT2D eigenvalue weighted by atomic mass is 10.2. The lowest BCUT2D eigenvalue weighted by molar-refractivity contribution is 0.0592. The van der Waals surface area contributed by atoms with Gasteiger partial charge in [0.2, 0.25) is 0 Å². The molecule has 5 nitrogen and oxygen atoms in total. The van der Waals surface area contributed by atoms with Crippen LogP contribution in [-0.4, -0.2) is 18.8 Å². The summed E-state index contributed by atoms with van der Waals surface area (Å²) < 4.78 is 10.1. The first-order valence-electron chi connectivity index (χ1n) is 5.20. The van der Waals surface area contributed by atoms with E-state index < -0.39 is 11.7 Å². The van der Waals surface area contributed by atoms with Crippen molar-refractivity contribution in [3.8, 4) is 5.75 Å². The van der Waals surface area contributed by atoms with Crippen LogP contribution in [0.25, 0.3) is 0 Å². The molecule has 0 fully saturated rings. The molecule has 0 unspecified atom stereocenters. The molecule has 1 aromatic rings. The van der Waals surface area contributed by atoms with Gasteiger partial charge in [0.05, 0.1) is 7.11 Å². The Morgan fingerprint density at radius 3 is 2.47 bits per heavy atom. The van der Waals surface area contributed by atoms with Crippen molar-refractivity contribution in [1.29, 1.82) is 0 Å². The summed E-state index contributed by atoms with van der Waals surface area (Å²) in [5, 5.41) is 7.26. The molecule has 0 atom stereocenters. The normalized spacial score (nSPS) is 11.5. The second-order valence-electron chi connectivity index (χ2n) is 4.35. The molecule has 0 aromatic heterocycles. The van der Waals surface area contributed by atoms with Gasteiger partial charge in [-0.1, -0.05) is 17.2 Å². The van der Waals surface area contributed by atoms with Gasteiger partial charge in [0.25, 0.3) is 0 Å². The zero-order valence-corrected chi connectivity index (χ0v) is 10.4. The number of methoxy groups -OCH3 is 1. The number of hydrogen-bond acceptors (Lipinski definition) is 4. The van der Waals surface area contributed by atoms with Gasteiger partial charge in [-0.2, -0.15) is 0 Å². The Balaban J connectivity index is 2.74. The van der Waals surface area contributed by atoms with Crippen molar-refractivity contribution < 1.29 is 14.3 Å². The Morgan fingerprint density at radius 1 is 1.24 bits per heavy atom. The smallest absolute Gasteiger partial charge is 0.452 e. The number of nitrogens with zero attached hydrogens (tertiary/aromatic N) is 2. The van der Waals surface area contributed by atoms with Crippen molar-refractivity contribution in [2.75, 3.05) is 7.11 Å². The molecule has 17 heavy (non-hydrogen) atoms. The van der Waals surface area contributed by atoms with Gasteiger partial charge in [-0.15, -0.1) is 5.11 Å². The molecule has 1 rings (SSSR count). The molecule has 0 saturated heterocycles. The van der Waals surface area contributed by atoms with E-state index in [1.165, 1.54) is 7.11 Å². The SMILES string of the molecule is COc1ccccc1N=NC(=O)OC(C)(C)C. The lowest BCUT2D eigenvalue weighted by Gasteiger charge is -2.16. The standard InChI is InChI=1S/C12H16N2O3/c1-12(2,3)17-11(15)14-13-9-7-5-6-8-10(9)16-4/h5-8H,1-4H3. The van der Waals surface area contributed by atoms with Gasteiger partial charge in [0.1, 0.15) is 17.0 Å². The Bertz CT molecular complexity index is 422. The van der Waals surface area contributed by atoms with Crippen LogP contribution in [0.3, 0.4) is 0 Å². The van der Waals surface area contributed by atoms with Gasteiger partial charge in [0.15, 0.2) is 0 Å². The van der Waals surface area contributed by atoms with Crippen LogP contribution in [0.2, 0.25) is 0 Å². The van der Waals surface area contributed by atoms with Crippen LogP contribution in [-0.2, 0) is 4.74 Å². The first-order chi connectivity index (χ1) is 7.92. The van der Waals surface area contributed by atoms with E-state index in [-0.39, 0.29) is 0 Å². The molecule has 5 heteroatoms. The van der Waals surface area contributed by atoms with Crippen LogP contribution in [0.15, 0.2) is 34.5 Å². The minimum atomic E-state index is -0.719. The number of rotatable bonds is 2. The molecule has 92 valence electrons. The fourth-order valence-corrected chi connectivity index (χ4v) is 1.09. The molecule has 0 heterocycles. The van der Waals surface area contributed by atoms with E-state index in [0.717, 1.165) is 0 Å². The van der Waals surface area contributed by atoms with Gasteiger partial charge in [-0.25, -0.2) is 4.79 Å². The van der Waals surface area contributed by atoms with Crippen LogP contribution in [0.4, 0.5) is 10.5 Å². The van der Waals surface area contributed by atoms with E-state index in [0.29, 0.717) is 11.4 Å². The number of ether oxygens (including phenoxy) is 2. The summed E-state index contributed by atoms with van der Waals surface area (Å²) in [7, 11) is 1.53. The summed E-state index contributed by atoms with van der Waals surface area (Å²) in [5.41, 5.74) is -0.0856. The topological polar surface area (TPSA) is 60.2 Å². The molecule has 0 radical (unpaired) electrons. The minimum absolute atomic E-state index is 0.487. The molecule has 0 bridgehead atoms. The highest BCUT2D eigenvalue weighted by Gasteiger charge is 2.15. The molecule has 1 aromatic carbocycles. The Kier molecular flexibility index (Phi) is 4.20. The zero-order chi connectivity index (χ0) is 12.9. The number of azo groups is 1. The highest BCUT2D eigenvalue weighted by Crippen LogP contribution is 2.26. The van der Waals surface area contributed by atoms with E-state index in [1.807, 2.05) is 6.07 Å². The highest BCUT2D eigenvalue weighted by molar-refractivity contribution is 5.68. The molecule has 0 saturated carbocycles. The maximum Gasteiger partial charge on any atom is 0.452 e. The van der Waals surface area contributed by atoms with Gasteiger partial charge in [0, 0.05) is 0 Å². The Labute approximate surface area is 100 Å². The van der Waals surface area contributed by atoms with Crippen LogP contribution in [0.5, 0.6) is 5.75 Å². The number of hydrogen-bond donors (Lipinski definition) is 0. The number of para-hydroxylation sites is 1. The summed E-state index contributed by atoms with van der Waals surface area (Å²) in [4.78, 5) is 11.3. The first kappa shape index (κ1) is 13.2. The Morgan fingerprint density at radius 2 is 1.88 bits per heavy atom. The average Bonchev–Trinajstić information content (AvgIpc) is 2.24. The van der Waals surface area contributed by atoms with Crippen molar-refractivity contribution in [2.24, 2.45) is 10.2 Å². The van der Waals surface area contributed by atoms with E-state index in [9.17, 15) is 4.79 Å². The molecule has 0 aliphatic heterocycles. The molecular weight excluding hydrogens is 220 g/mol. The zero-order valence-electron chi connectivity index (χ0n) is 10.4. The second kappa shape index (κ2) is 5.43. The summed E-state index contributed by atoms with van der Waals surface area (Å²) in [5.74, 6) is 0.555. The molecule has 0 spiro atoms. The Hall–Kier alpha value is -1.91. The molecule has 0 aliphatic carbocycles. The summed E-state index contributed by atoms with van der Waals surface area (Å²) >= 11 is 0. The first-order valence-corrected chi connectivity index (χ1v) is 5.20. The molecular formula is C12H16N2O3. The third-order valence-corrected chi connectivity index (χ3v) is 1.72. The van der Waals surface area contributed by atoms with Crippen molar-refractivity contribution in [1.82, 2.24) is 0 Å². The van der Waals surface area contributed by atoms with Crippen molar-refractivity contribution >= 4 is 11.8 Å². The van der Waals surface area contributed by atoms with Crippen molar-refractivity contribution in [2.45, 2.75) is 26.4 Å². The van der Waals surface area contributed by atoms with Crippen LogP contribution in [0, 0.1) is 0 Å². The van der Waals surface area contributed by atoms with Gasteiger partial charge < -0.3 is 9.47 Å². The highest BCUT2D eigenvalue weighted by atomic mass is 16.6. The van der Waals surface area contributed by atoms with Crippen molar-refractivity contribution in [3.05, 3.63) is 24.3 Å². The van der Waals surface area contributed by atoms with E-state index in [1.54, 1.807) is 39.0 Å². The number of carbonyl (C=O) groups is 1. The van der Waals surface area contributed by atoms with Crippen LogP contribution < -0.4 is 4.74 Å². The number of benzene rings is 1. The maximum absolute atomic E-state index is 11.3. The fraction of sp³-hybridized carbons (Fsp3) is 0.417. The summed E-state index contributed by atoms with van der Waals surface area (Å²) in [6.45, 7) is 5.30. The minimum Gasteiger partial charge on any atom is -0.494 e. The van der Waals surface area contributed by atoms with E-state index in [2.05, 4.69) is 10.2 Å². The molecule has 0 aliphatic rings. The third kappa shape index (κ3) is 4.63. The van der Waals surface area contributed by atoms with Crippen LogP contribution in [0.1, 0.15) is 20.8 Å². The van der Waals surface area contributed by atoms with Crippen LogP contribution >= 0.6 is 0 Å². The number of amides is 1. The predicted octanol–water partition coefficient (Wildman–Crippen LogP) is 3.71. The summed E-state index contributed by atoms with van der Waals surface area (Å²) in [6, 6.07) is 7.04. The van der Waals surface area contributed by atoms with Gasteiger partial charge in [-0.3, -0.25) is 0 Å². The predicted molar refractivity (Wildman–Crippen MR) is 63.7 cm³/mol.